The number of anilines is 1. The maximum atomic E-state index is 12.4. The third kappa shape index (κ3) is 2.91. The average Bonchev–Trinajstić information content (AvgIpc) is 2.90. The maximum absolute atomic E-state index is 12.4. The molecule has 5 heteroatoms. The molecule has 0 aliphatic rings. The molecule has 0 bridgehead atoms. The lowest BCUT2D eigenvalue weighted by Gasteiger charge is -2.24. The Labute approximate surface area is 121 Å². The molecule has 3 nitrogen and oxygen atoms in total. The van der Waals surface area contributed by atoms with Crippen molar-refractivity contribution in [1.29, 1.82) is 0 Å². The molecule has 2 aromatic rings. The van der Waals surface area contributed by atoms with Gasteiger partial charge in [-0.1, -0.05) is 17.7 Å². The van der Waals surface area contributed by atoms with E-state index in [1.165, 1.54) is 0 Å². The second kappa shape index (κ2) is 5.63. The minimum absolute atomic E-state index is 0.0149. The van der Waals surface area contributed by atoms with Gasteiger partial charge in [-0.15, -0.1) is 11.3 Å². The normalized spacial score (nSPS) is 12.2. The topological polar surface area (TPSA) is 46.3 Å². The molecule has 2 rings (SSSR count). The van der Waals surface area contributed by atoms with Gasteiger partial charge >= 0.3 is 0 Å². The highest BCUT2D eigenvalue weighted by Gasteiger charge is 2.21. The number of nitrogens with zero attached hydrogens (tertiary/aromatic N) is 1. The molecule has 100 valence electrons. The van der Waals surface area contributed by atoms with E-state index in [2.05, 4.69) is 0 Å². The molecule has 1 unspecified atom stereocenters. The predicted octanol–water partition coefficient (Wildman–Crippen LogP) is 3.82. The Morgan fingerprint density at radius 2 is 2.16 bits per heavy atom. The molecule has 0 spiro atoms. The van der Waals surface area contributed by atoms with E-state index in [4.69, 9.17) is 17.3 Å². The van der Waals surface area contributed by atoms with Gasteiger partial charge in [0.1, 0.15) is 0 Å². The first-order valence-corrected chi connectivity index (χ1v) is 7.12. The van der Waals surface area contributed by atoms with Gasteiger partial charge < -0.3 is 10.6 Å². The first-order valence-electron chi connectivity index (χ1n) is 5.86. The highest BCUT2D eigenvalue weighted by atomic mass is 35.5. The Bertz CT molecular complexity index is 583. The van der Waals surface area contributed by atoms with Crippen LogP contribution in [0.25, 0.3) is 0 Å². The SMILES string of the molecule is CC(c1cccs1)N(C)C(=O)c1ccc(N)cc1Cl. The number of amides is 1. The third-order valence-electron chi connectivity index (χ3n) is 3.08. The molecule has 0 radical (unpaired) electrons. The molecule has 0 saturated heterocycles. The van der Waals surface area contributed by atoms with Crippen molar-refractivity contribution in [3.8, 4) is 0 Å². The average molecular weight is 295 g/mol. The summed E-state index contributed by atoms with van der Waals surface area (Å²) in [6.07, 6.45) is 0. The van der Waals surface area contributed by atoms with Gasteiger partial charge in [0.15, 0.2) is 0 Å². The van der Waals surface area contributed by atoms with Crippen molar-refractivity contribution in [2.45, 2.75) is 13.0 Å². The molecule has 1 aromatic carbocycles. The van der Waals surface area contributed by atoms with E-state index in [1.807, 2.05) is 24.4 Å². The number of hydrogen-bond donors (Lipinski definition) is 1. The van der Waals surface area contributed by atoms with Crippen molar-refractivity contribution < 1.29 is 4.79 Å². The van der Waals surface area contributed by atoms with Crippen molar-refractivity contribution in [1.82, 2.24) is 4.90 Å². The van der Waals surface area contributed by atoms with Crippen LogP contribution in [0.1, 0.15) is 28.2 Å². The summed E-state index contributed by atoms with van der Waals surface area (Å²) >= 11 is 7.70. The Kier molecular flexibility index (Phi) is 4.12. The van der Waals surface area contributed by atoms with E-state index in [1.54, 1.807) is 41.5 Å². The van der Waals surface area contributed by atoms with Crippen molar-refractivity contribution in [2.24, 2.45) is 0 Å². The van der Waals surface area contributed by atoms with Crippen molar-refractivity contribution >= 4 is 34.5 Å². The number of thiophene rings is 1. The summed E-state index contributed by atoms with van der Waals surface area (Å²) in [6.45, 7) is 1.99. The summed E-state index contributed by atoms with van der Waals surface area (Å²) in [5.41, 5.74) is 6.66. The molecule has 0 aliphatic heterocycles. The molecular weight excluding hydrogens is 280 g/mol. The zero-order valence-corrected chi connectivity index (χ0v) is 12.3. The zero-order chi connectivity index (χ0) is 14.0. The van der Waals surface area contributed by atoms with Gasteiger partial charge in [-0.05, 0) is 36.6 Å². The number of hydrogen-bond acceptors (Lipinski definition) is 3. The lowest BCUT2D eigenvalue weighted by Crippen LogP contribution is -2.29. The molecule has 19 heavy (non-hydrogen) atoms. The summed E-state index contributed by atoms with van der Waals surface area (Å²) in [4.78, 5) is 15.2. The van der Waals surface area contributed by atoms with Crippen LogP contribution in [0.4, 0.5) is 5.69 Å². The highest BCUT2D eigenvalue weighted by Crippen LogP contribution is 2.27. The smallest absolute Gasteiger partial charge is 0.255 e. The summed E-state index contributed by atoms with van der Waals surface area (Å²) in [6, 6.07) is 8.95. The van der Waals surface area contributed by atoms with Gasteiger partial charge in [0.2, 0.25) is 0 Å². The van der Waals surface area contributed by atoms with Gasteiger partial charge in [0, 0.05) is 17.6 Å². The van der Waals surface area contributed by atoms with E-state index >= 15 is 0 Å². The maximum Gasteiger partial charge on any atom is 0.255 e. The molecule has 1 heterocycles. The van der Waals surface area contributed by atoms with Gasteiger partial charge in [0.25, 0.3) is 5.91 Å². The Morgan fingerprint density at radius 3 is 2.74 bits per heavy atom. The summed E-state index contributed by atoms with van der Waals surface area (Å²) in [5, 5.41) is 2.38. The minimum atomic E-state index is -0.106. The number of benzene rings is 1. The van der Waals surface area contributed by atoms with Gasteiger partial charge in [-0.2, -0.15) is 0 Å². The number of halogens is 1. The second-order valence-corrected chi connectivity index (χ2v) is 5.73. The van der Waals surface area contributed by atoms with Crippen LogP contribution in [0.15, 0.2) is 35.7 Å². The fraction of sp³-hybridized carbons (Fsp3) is 0.214. The molecule has 2 N–H and O–H groups in total. The van der Waals surface area contributed by atoms with Gasteiger partial charge in [-0.3, -0.25) is 4.79 Å². The lowest BCUT2D eigenvalue weighted by molar-refractivity contribution is 0.0745. The highest BCUT2D eigenvalue weighted by molar-refractivity contribution is 7.10. The van der Waals surface area contributed by atoms with E-state index in [9.17, 15) is 4.79 Å². The van der Waals surface area contributed by atoms with Gasteiger partial charge in [0.05, 0.1) is 16.6 Å². The lowest BCUT2D eigenvalue weighted by atomic mass is 10.1. The monoisotopic (exact) mass is 294 g/mol. The van der Waals surface area contributed by atoms with Crippen molar-refractivity contribution in [2.75, 3.05) is 12.8 Å². The summed E-state index contributed by atoms with van der Waals surface area (Å²) < 4.78 is 0. The van der Waals surface area contributed by atoms with Crippen LogP contribution >= 0.6 is 22.9 Å². The van der Waals surface area contributed by atoms with Crippen LogP contribution < -0.4 is 5.73 Å². The Morgan fingerprint density at radius 1 is 1.42 bits per heavy atom. The standard InChI is InChI=1S/C14H15ClN2OS/c1-9(13-4-3-7-19-13)17(2)14(18)11-6-5-10(16)8-12(11)15/h3-9H,16H2,1-2H3. The number of nitrogen functional groups attached to an aromatic ring is 1. The van der Waals surface area contributed by atoms with Crippen molar-refractivity contribution in [3.05, 3.63) is 51.2 Å². The molecule has 0 aliphatic carbocycles. The van der Waals surface area contributed by atoms with Crippen LogP contribution in [0.2, 0.25) is 5.02 Å². The van der Waals surface area contributed by atoms with E-state index in [-0.39, 0.29) is 11.9 Å². The predicted molar refractivity (Wildman–Crippen MR) is 80.7 cm³/mol. The number of nitrogens with two attached hydrogens (primary N) is 1. The van der Waals surface area contributed by atoms with Crippen LogP contribution in [-0.4, -0.2) is 17.9 Å². The number of rotatable bonds is 3. The summed E-state index contributed by atoms with van der Waals surface area (Å²) in [7, 11) is 1.78. The largest absolute Gasteiger partial charge is 0.399 e. The first kappa shape index (κ1) is 13.9. The quantitative estimate of drug-likeness (QED) is 0.875. The van der Waals surface area contributed by atoms with Crippen molar-refractivity contribution in [3.63, 3.8) is 0 Å². The number of carbonyl (C=O) groups is 1. The first-order chi connectivity index (χ1) is 9.00. The molecular formula is C14H15ClN2OS. The summed E-state index contributed by atoms with van der Waals surface area (Å²) in [5.74, 6) is -0.106. The van der Waals surface area contributed by atoms with Crippen LogP contribution in [0.3, 0.4) is 0 Å². The molecule has 0 saturated carbocycles. The molecule has 0 fully saturated rings. The fourth-order valence-corrected chi connectivity index (χ4v) is 2.89. The zero-order valence-electron chi connectivity index (χ0n) is 10.8. The third-order valence-corrected chi connectivity index (χ3v) is 4.44. The van der Waals surface area contributed by atoms with E-state index < -0.39 is 0 Å². The van der Waals surface area contributed by atoms with E-state index in [0.717, 1.165) is 4.88 Å². The fourth-order valence-electron chi connectivity index (χ4n) is 1.79. The molecule has 1 aromatic heterocycles. The second-order valence-electron chi connectivity index (χ2n) is 4.35. The van der Waals surface area contributed by atoms with Crippen LogP contribution in [0, 0.1) is 0 Å². The van der Waals surface area contributed by atoms with Crippen LogP contribution in [0.5, 0.6) is 0 Å². The Hall–Kier alpha value is -1.52. The van der Waals surface area contributed by atoms with E-state index in [0.29, 0.717) is 16.3 Å². The Balaban J connectivity index is 2.24. The minimum Gasteiger partial charge on any atom is -0.399 e. The van der Waals surface area contributed by atoms with Crippen LogP contribution in [-0.2, 0) is 0 Å². The van der Waals surface area contributed by atoms with Gasteiger partial charge in [-0.25, -0.2) is 0 Å². The molecule has 1 amide bonds. The molecule has 1 atom stereocenters. The number of carbonyl (C=O) groups excluding carboxylic acids is 1.